The number of morpholine rings is 1. The molecule has 18 heavy (non-hydrogen) atoms. The van der Waals surface area contributed by atoms with Crippen LogP contribution in [-0.4, -0.2) is 31.6 Å². The third-order valence-electron chi connectivity index (χ3n) is 2.91. The van der Waals surface area contributed by atoms with Crippen molar-refractivity contribution in [1.82, 2.24) is 5.32 Å². The molecule has 1 aliphatic rings. The van der Waals surface area contributed by atoms with Crippen LogP contribution in [0, 0.1) is 0 Å². The van der Waals surface area contributed by atoms with Crippen LogP contribution in [-0.2, 0) is 16.0 Å². The van der Waals surface area contributed by atoms with Gasteiger partial charge in [-0.25, -0.2) is 0 Å². The molecule has 1 unspecified atom stereocenters. The number of ketones is 1. The van der Waals surface area contributed by atoms with Gasteiger partial charge in [0, 0.05) is 35.5 Å². The lowest BCUT2D eigenvalue weighted by molar-refractivity contribution is -0.119. The van der Waals surface area contributed by atoms with E-state index in [1.807, 2.05) is 0 Å². The minimum absolute atomic E-state index is 0.104. The monoisotopic (exact) mass is 287 g/mol. The third kappa shape index (κ3) is 3.69. The molecular weight excluding hydrogens is 273 g/mol. The fraction of sp³-hybridized carbons (Fsp3) is 0.462. The van der Waals surface area contributed by atoms with Gasteiger partial charge < -0.3 is 10.1 Å². The van der Waals surface area contributed by atoms with Crippen molar-refractivity contribution in [3.63, 3.8) is 0 Å². The van der Waals surface area contributed by atoms with Crippen molar-refractivity contribution < 1.29 is 9.53 Å². The molecule has 0 spiro atoms. The lowest BCUT2D eigenvalue weighted by Gasteiger charge is -2.23. The number of hydrogen-bond donors (Lipinski definition) is 1. The van der Waals surface area contributed by atoms with Crippen molar-refractivity contribution >= 4 is 29.0 Å². The Morgan fingerprint density at radius 3 is 2.72 bits per heavy atom. The molecule has 0 amide bonds. The van der Waals surface area contributed by atoms with Crippen molar-refractivity contribution in [1.29, 1.82) is 0 Å². The standard InChI is InChI=1S/C13H15Cl2NO2/c14-12-2-1-3-13(15)11(12)7-10(17)6-9-8-18-5-4-16-9/h1-3,9,16H,4-8H2. The molecule has 1 aromatic rings. The van der Waals surface area contributed by atoms with Gasteiger partial charge in [0.15, 0.2) is 0 Å². The van der Waals surface area contributed by atoms with Crippen LogP contribution in [0.3, 0.4) is 0 Å². The second kappa shape index (κ2) is 6.53. The summed E-state index contributed by atoms with van der Waals surface area (Å²) in [4.78, 5) is 12.0. The van der Waals surface area contributed by atoms with Gasteiger partial charge in [0.05, 0.1) is 13.2 Å². The summed E-state index contributed by atoms with van der Waals surface area (Å²) >= 11 is 12.1. The van der Waals surface area contributed by atoms with Gasteiger partial charge in [-0.05, 0) is 17.7 Å². The van der Waals surface area contributed by atoms with Crippen LogP contribution in [0.5, 0.6) is 0 Å². The maximum absolute atomic E-state index is 12.0. The first kappa shape index (κ1) is 13.8. The number of hydrogen-bond acceptors (Lipinski definition) is 3. The number of benzene rings is 1. The van der Waals surface area contributed by atoms with Gasteiger partial charge in [-0.3, -0.25) is 4.79 Å². The molecule has 5 heteroatoms. The molecule has 1 aromatic carbocycles. The Morgan fingerprint density at radius 1 is 1.39 bits per heavy atom. The maximum atomic E-state index is 12.0. The molecule has 2 rings (SSSR count). The van der Waals surface area contributed by atoms with Crippen molar-refractivity contribution in [2.24, 2.45) is 0 Å². The Balaban J connectivity index is 1.94. The van der Waals surface area contributed by atoms with Crippen LogP contribution in [0.1, 0.15) is 12.0 Å². The first-order valence-electron chi connectivity index (χ1n) is 5.92. The molecule has 1 saturated heterocycles. The normalized spacial score (nSPS) is 19.8. The Bertz CT molecular complexity index is 411. The molecule has 1 heterocycles. The van der Waals surface area contributed by atoms with Crippen LogP contribution >= 0.6 is 23.2 Å². The molecule has 1 atom stereocenters. The van der Waals surface area contributed by atoms with Crippen molar-refractivity contribution in [3.05, 3.63) is 33.8 Å². The van der Waals surface area contributed by atoms with Crippen LogP contribution in [0.15, 0.2) is 18.2 Å². The number of carbonyl (C=O) groups excluding carboxylic acids is 1. The quantitative estimate of drug-likeness (QED) is 0.925. The Hall–Kier alpha value is -0.610. The average Bonchev–Trinajstić information content (AvgIpc) is 2.35. The van der Waals surface area contributed by atoms with E-state index in [0.29, 0.717) is 35.2 Å². The lowest BCUT2D eigenvalue weighted by Crippen LogP contribution is -2.42. The number of ether oxygens (including phenoxy) is 1. The highest BCUT2D eigenvalue weighted by atomic mass is 35.5. The molecule has 0 aliphatic carbocycles. The number of Topliss-reactive ketones (excluding diaryl/α,β-unsaturated/α-hetero) is 1. The summed E-state index contributed by atoms with van der Waals surface area (Å²) < 4.78 is 5.31. The van der Waals surface area contributed by atoms with Crippen LogP contribution < -0.4 is 5.32 Å². The Morgan fingerprint density at radius 2 is 2.11 bits per heavy atom. The van der Waals surface area contributed by atoms with Gasteiger partial charge in [-0.1, -0.05) is 29.3 Å². The average molecular weight is 288 g/mol. The summed E-state index contributed by atoms with van der Waals surface area (Å²) in [5.74, 6) is 0.119. The van der Waals surface area contributed by atoms with E-state index >= 15 is 0 Å². The van der Waals surface area contributed by atoms with Crippen molar-refractivity contribution in [2.45, 2.75) is 18.9 Å². The molecule has 98 valence electrons. The largest absolute Gasteiger partial charge is 0.379 e. The smallest absolute Gasteiger partial charge is 0.139 e. The van der Waals surface area contributed by atoms with Gasteiger partial charge in [-0.2, -0.15) is 0 Å². The van der Waals surface area contributed by atoms with E-state index in [0.717, 1.165) is 6.54 Å². The second-order valence-corrected chi connectivity index (χ2v) is 5.16. The van der Waals surface area contributed by atoms with E-state index in [-0.39, 0.29) is 18.2 Å². The minimum atomic E-state index is 0.104. The van der Waals surface area contributed by atoms with E-state index in [9.17, 15) is 4.79 Å². The van der Waals surface area contributed by atoms with Gasteiger partial charge >= 0.3 is 0 Å². The predicted molar refractivity (Wildman–Crippen MR) is 72.4 cm³/mol. The zero-order valence-corrected chi connectivity index (χ0v) is 11.4. The van der Waals surface area contributed by atoms with Crippen LogP contribution in [0.2, 0.25) is 10.0 Å². The molecule has 3 nitrogen and oxygen atoms in total. The van der Waals surface area contributed by atoms with E-state index in [1.165, 1.54) is 0 Å². The molecule has 1 fully saturated rings. The number of halogens is 2. The lowest BCUT2D eigenvalue weighted by atomic mass is 10.0. The summed E-state index contributed by atoms with van der Waals surface area (Å²) in [5, 5.41) is 4.34. The van der Waals surface area contributed by atoms with Crippen LogP contribution in [0.4, 0.5) is 0 Å². The summed E-state index contributed by atoms with van der Waals surface area (Å²) in [6.45, 7) is 2.09. The fourth-order valence-electron chi connectivity index (χ4n) is 2.00. The SMILES string of the molecule is O=C(Cc1c(Cl)cccc1Cl)CC1COCCN1. The highest BCUT2D eigenvalue weighted by Crippen LogP contribution is 2.25. The maximum Gasteiger partial charge on any atom is 0.139 e. The number of carbonyl (C=O) groups is 1. The van der Waals surface area contributed by atoms with Crippen LogP contribution in [0.25, 0.3) is 0 Å². The third-order valence-corrected chi connectivity index (χ3v) is 3.62. The molecule has 0 bridgehead atoms. The second-order valence-electron chi connectivity index (χ2n) is 4.35. The molecule has 0 aromatic heterocycles. The molecule has 0 saturated carbocycles. The Labute approximate surface area is 116 Å². The van der Waals surface area contributed by atoms with Gasteiger partial charge in [0.1, 0.15) is 5.78 Å². The number of rotatable bonds is 4. The Kier molecular flexibility index (Phi) is 5.01. The van der Waals surface area contributed by atoms with E-state index in [4.69, 9.17) is 27.9 Å². The first-order chi connectivity index (χ1) is 8.66. The van der Waals surface area contributed by atoms with E-state index in [2.05, 4.69) is 5.32 Å². The molecule has 1 aliphatic heterocycles. The summed E-state index contributed by atoms with van der Waals surface area (Å²) in [5.41, 5.74) is 0.711. The van der Waals surface area contributed by atoms with Crippen molar-refractivity contribution in [3.8, 4) is 0 Å². The zero-order valence-electron chi connectivity index (χ0n) is 9.92. The molecular formula is C13H15Cl2NO2. The van der Waals surface area contributed by atoms with E-state index < -0.39 is 0 Å². The first-order valence-corrected chi connectivity index (χ1v) is 6.68. The predicted octanol–water partition coefficient (Wildman–Crippen LogP) is 2.48. The summed E-state index contributed by atoms with van der Waals surface area (Å²) in [7, 11) is 0. The van der Waals surface area contributed by atoms with Gasteiger partial charge in [0.2, 0.25) is 0 Å². The minimum Gasteiger partial charge on any atom is -0.379 e. The topological polar surface area (TPSA) is 38.3 Å². The molecule has 0 radical (unpaired) electrons. The number of nitrogens with one attached hydrogen (secondary N) is 1. The molecule has 1 N–H and O–H groups in total. The summed E-state index contributed by atoms with van der Waals surface area (Å²) in [6.07, 6.45) is 0.720. The zero-order chi connectivity index (χ0) is 13.0. The van der Waals surface area contributed by atoms with E-state index in [1.54, 1.807) is 18.2 Å². The van der Waals surface area contributed by atoms with Gasteiger partial charge in [-0.15, -0.1) is 0 Å². The van der Waals surface area contributed by atoms with Gasteiger partial charge in [0.25, 0.3) is 0 Å². The highest BCUT2D eigenvalue weighted by molar-refractivity contribution is 6.36. The highest BCUT2D eigenvalue weighted by Gasteiger charge is 2.18. The summed E-state index contributed by atoms with van der Waals surface area (Å²) in [6, 6.07) is 5.37. The fourth-order valence-corrected chi connectivity index (χ4v) is 2.53. The van der Waals surface area contributed by atoms with Crippen molar-refractivity contribution in [2.75, 3.05) is 19.8 Å².